The summed E-state index contributed by atoms with van der Waals surface area (Å²) in [5, 5.41) is 2.70. The van der Waals surface area contributed by atoms with Crippen LogP contribution in [0.3, 0.4) is 0 Å². The van der Waals surface area contributed by atoms with Crippen LogP contribution in [0, 0.1) is 0 Å². The maximum Gasteiger partial charge on any atom is 0.254 e. The highest BCUT2D eigenvalue weighted by Gasteiger charge is 2.22. The number of ether oxygens (including phenoxy) is 1. The van der Waals surface area contributed by atoms with Crippen LogP contribution in [-0.2, 0) is 17.8 Å². The molecule has 3 rings (SSSR count). The molecular weight excluding hydrogens is 304 g/mol. The van der Waals surface area contributed by atoms with E-state index in [4.69, 9.17) is 4.74 Å². The number of carbonyl (C=O) groups excluding carboxylic acids is 2. The summed E-state index contributed by atoms with van der Waals surface area (Å²) in [4.78, 5) is 26.0. The van der Waals surface area contributed by atoms with Gasteiger partial charge in [-0.15, -0.1) is 0 Å². The lowest BCUT2D eigenvalue weighted by Crippen LogP contribution is -2.35. The van der Waals surface area contributed by atoms with Crippen LogP contribution in [0.1, 0.15) is 28.4 Å². The van der Waals surface area contributed by atoms with Crippen molar-refractivity contribution in [2.45, 2.75) is 19.9 Å². The van der Waals surface area contributed by atoms with Crippen molar-refractivity contribution >= 4 is 17.5 Å². The van der Waals surface area contributed by atoms with Crippen molar-refractivity contribution < 1.29 is 14.3 Å². The number of anilines is 1. The van der Waals surface area contributed by atoms with Crippen LogP contribution in [0.2, 0.25) is 0 Å². The molecule has 0 aromatic heterocycles. The Kier molecular flexibility index (Phi) is 4.51. The zero-order valence-electron chi connectivity index (χ0n) is 13.8. The van der Waals surface area contributed by atoms with Gasteiger partial charge in [0.25, 0.3) is 5.91 Å². The molecule has 2 aromatic carbocycles. The monoisotopic (exact) mass is 324 g/mol. The molecule has 1 heterocycles. The Hall–Kier alpha value is -2.82. The molecule has 1 aliphatic rings. The van der Waals surface area contributed by atoms with E-state index in [1.165, 1.54) is 25.2 Å². The van der Waals surface area contributed by atoms with E-state index in [2.05, 4.69) is 17.4 Å². The van der Waals surface area contributed by atoms with E-state index in [9.17, 15) is 9.59 Å². The number of carbonyl (C=O) groups is 2. The molecule has 0 aliphatic carbocycles. The minimum atomic E-state index is -0.204. The predicted octanol–water partition coefficient (Wildman–Crippen LogP) is 2.85. The van der Waals surface area contributed by atoms with Crippen LogP contribution in [-0.4, -0.2) is 30.4 Å². The fourth-order valence-corrected chi connectivity index (χ4v) is 2.98. The van der Waals surface area contributed by atoms with Gasteiger partial charge in [0.05, 0.1) is 12.8 Å². The van der Waals surface area contributed by atoms with E-state index in [0.29, 0.717) is 30.1 Å². The highest BCUT2D eigenvalue weighted by molar-refractivity contribution is 5.98. The molecule has 1 aliphatic heterocycles. The second kappa shape index (κ2) is 6.74. The standard InChI is InChI=1S/C19H20N2O3/c1-13(22)20-17-11-15(7-8-18(17)24-2)19(23)21-10-9-14-5-3-4-6-16(14)12-21/h3-8,11H,9-10,12H2,1-2H3,(H,20,22). The molecule has 0 bridgehead atoms. The lowest BCUT2D eigenvalue weighted by Gasteiger charge is -2.29. The first-order valence-corrected chi connectivity index (χ1v) is 7.90. The van der Waals surface area contributed by atoms with Crippen LogP contribution in [0.5, 0.6) is 5.75 Å². The van der Waals surface area contributed by atoms with Crippen molar-refractivity contribution in [1.82, 2.24) is 4.90 Å². The van der Waals surface area contributed by atoms with E-state index >= 15 is 0 Å². The Morgan fingerprint density at radius 3 is 2.58 bits per heavy atom. The number of hydrogen-bond acceptors (Lipinski definition) is 3. The molecule has 2 amide bonds. The lowest BCUT2D eigenvalue weighted by molar-refractivity contribution is -0.114. The van der Waals surface area contributed by atoms with Gasteiger partial charge >= 0.3 is 0 Å². The smallest absolute Gasteiger partial charge is 0.254 e. The van der Waals surface area contributed by atoms with Crippen LogP contribution >= 0.6 is 0 Å². The van der Waals surface area contributed by atoms with Gasteiger partial charge in [-0.25, -0.2) is 0 Å². The highest BCUT2D eigenvalue weighted by Crippen LogP contribution is 2.27. The number of methoxy groups -OCH3 is 1. The van der Waals surface area contributed by atoms with Gasteiger partial charge in [-0.1, -0.05) is 24.3 Å². The molecule has 5 nitrogen and oxygen atoms in total. The zero-order chi connectivity index (χ0) is 17.1. The third-order valence-electron chi connectivity index (χ3n) is 4.17. The summed E-state index contributed by atoms with van der Waals surface area (Å²) in [7, 11) is 1.53. The van der Waals surface area contributed by atoms with Gasteiger partial charge in [-0.2, -0.15) is 0 Å². The summed E-state index contributed by atoms with van der Waals surface area (Å²) in [6.07, 6.45) is 0.858. The molecule has 0 fully saturated rings. The van der Waals surface area contributed by atoms with E-state index in [1.54, 1.807) is 18.2 Å². The molecule has 0 spiro atoms. The van der Waals surface area contributed by atoms with E-state index in [-0.39, 0.29) is 11.8 Å². The fourth-order valence-electron chi connectivity index (χ4n) is 2.98. The maximum absolute atomic E-state index is 12.8. The number of fused-ring (bicyclic) bond motifs is 1. The Labute approximate surface area is 141 Å². The maximum atomic E-state index is 12.8. The van der Waals surface area contributed by atoms with Crippen molar-refractivity contribution in [2.75, 3.05) is 19.0 Å². The Morgan fingerprint density at radius 1 is 1.12 bits per heavy atom. The van der Waals surface area contributed by atoms with Crippen LogP contribution in [0.25, 0.3) is 0 Å². The molecule has 0 atom stereocenters. The van der Waals surface area contributed by atoms with Crippen molar-refractivity contribution in [3.8, 4) is 5.75 Å². The number of benzene rings is 2. The molecule has 124 valence electrons. The molecule has 24 heavy (non-hydrogen) atoms. The highest BCUT2D eigenvalue weighted by atomic mass is 16.5. The Morgan fingerprint density at radius 2 is 1.88 bits per heavy atom. The number of hydrogen-bond donors (Lipinski definition) is 1. The van der Waals surface area contributed by atoms with Gasteiger partial charge in [-0.05, 0) is 35.7 Å². The number of nitrogens with zero attached hydrogens (tertiary/aromatic N) is 1. The SMILES string of the molecule is COc1ccc(C(=O)N2CCc3ccccc3C2)cc1NC(C)=O. The van der Waals surface area contributed by atoms with Gasteiger partial charge in [0.1, 0.15) is 5.75 Å². The molecular formula is C19H20N2O3. The average Bonchev–Trinajstić information content (AvgIpc) is 2.60. The number of nitrogens with one attached hydrogen (secondary N) is 1. The molecule has 0 unspecified atom stereocenters. The van der Waals surface area contributed by atoms with E-state index in [1.807, 2.05) is 17.0 Å². The molecule has 0 saturated heterocycles. The first-order valence-electron chi connectivity index (χ1n) is 7.90. The minimum Gasteiger partial charge on any atom is -0.495 e. The first kappa shape index (κ1) is 16.1. The molecule has 0 radical (unpaired) electrons. The Bertz CT molecular complexity index is 786. The second-order valence-corrected chi connectivity index (χ2v) is 5.84. The summed E-state index contributed by atoms with van der Waals surface area (Å²) in [5.74, 6) is 0.286. The quantitative estimate of drug-likeness (QED) is 0.944. The normalized spacial score (nSPS) is 13.2. The van der Waals surface area contributed by atoms with Gasteiger partial charge in [0.2, 0.25) is 5.91 Å². The van der Waals surface area contributed by atoms with Gasteiger partial charge in [-0.3, -0.25) is 9.59 Å². The Balaban J connectivity index is 1.84. The summed E-state index contributed by atoms with van der Waals surface area (Å²) < 4.78 is 5.23. The molecule has 5 heteroatoms. The van der Waals surface area contributed by atoms with E-state index in [0.717, 1.165) is 6.42 Å². The molecule has 1 N–H and O–H groups in total. The molecule has 0 saturated carbocycles. The van der Waals surface area contributed by atoms with Crippen molar-refractivity contribution in [3.63, 3.8) is 0 Å². The van der Waals surface area contributed by atoms with Gasteiger partial charge in [0, 0.05) is 25.6 Å². The van der Waals surface area contributed by atoms with Crippen LogP contribution in [0.15, 0.2) is 42.5 Å². The molecule has 2 aromatic rings. The van der Waals surface area contributed by atoms with Crippen LogP contribution < -0.4 is 10.1 Å². The average molecular weight is 324 g/mol. The van der Waals surface area contributed by atoms with Crippen molar-refractivity contribution in [2.24, 2.45) is 0 Å². The second-order valence-electron chi connectivity index (χ2n) is 5.84. The van der Waals surface area contributed by atoms with Crippen LogP contribution in [0.4, 0.5) is 5.69 Å². The third kappa shape index (κ3) is 3.25. The number of amides is 2. The third-order valence-corrected chi connectivity index (χ3v) is 4.17. The summed E-state index contributed by atoms with van der Waals surface area (Å²) in [5.41, 5.74) is 3.54. The minimum absolute atomic E-state index is 0.0428. The summed E-state index contributed by atoms with van der Waals surface area (Å²) in [6.45, 7) is 2.73. The largest absolute Gasteiger partial charge is 0.495 e. The summed E-state index contributed by atoms with van der Waals surface area (Å²) in [6, 6.07) is 13.3. The topological polar surface area (TPSA) is 58.6 Å². The zero-order valence-corrected chi connectivity index (χ0v) is 13.8. The summed E-state index contributed by atoms with van der Waals surface area (Å²) >= 11 is 0. The lowest BCUT2D eigenvalue weighted by atomic mass is 9.99. The first-order chi connectivity index (χ1) is 11.6. The number of rotatable bonds is 3. The van der Waals surface area contributed by atoms with E-state index < -0.39 is 0 Å². The van der Waals surface area contributed by atoms with Crippen molar-refractivity contribution in [1.29, 1.82) is 0 Å². The van der Waals surface area contributed by atoms with Gasteiger partial charge in [0.15, 0.2) is 0 Å². The van der Waals surface area contributed by atoms with Gasteiger partial charge < -0.3 is 15.0 Å². The predicted molar refractivity (Wildman–Crippen MR) is 92.2 cm³/mol. The van der Waals surface area contributed by atoms with Crippen molar-refractivity contribution in [3.05, 3.63) is 59.2 Å². The fraction of sp³-hybridized carbons (Fsp3) is 0.263.